The standard InChI is InChI=1S/C26H31NO4SSi.C19H23ClO2Si.C7H9NO2S/c1-18-17-22(25(29)30-6)24(32-18)27-23(28)19(2)31-33(26(3,4)5,20-13-9-7-10-14-20)21-15-11-8-12-16-21;1-15(18(20)21)22-23(19(2,3)4,16-11-7-5-8-12-16)17-13-9-6-10-14-17;1-4-3-5(6(8)11-4)7(9)10-2/h7-17,19H,1-6H3,(H,27,28);5-15H,1-4H3;3H,8H2,1-2H3. The maximum Gasteiger partial charge on any atom is 0.340 e. The van der Waals surface area contributed by atoms with E-state index in [1.54, 1.807) is 26.0 Å². The van der Waals surface area contributed by atoms with Gasteiger partial charge in [0.05, 0.1) is 25.3 Å². The number of thiophene rings is 2. The molecule has 6 aromatic rings. The van der Waals surface area contributed by atoms with Crippen LogP contribution in [0.15, 0.2) is 133 Å². The highest BCUT2D eigenvalue weighted by Gasteiger charge is 2.53. The van der Waals surface area contributed by atoms with Gasteiger partial charge < -0.3 is 29.4 Å². The average Bonchev–Trinajstić information content (AvgIpc) is 3.85. The van der Waals surface area contributed by atoms with Crippen molar-refractivity contribution < 1.29 is 37.5 Å². The summed E-state index contributed by atoms with van der Waals surface area (Å²) in [6, 6.07) is 44.2. The molecule has 0 aliphatic carbocycles. The van der Waals surface area contributed by atoms with Crippen LogP contribution in [0.25, 0.3) is 0 Å². The number of nitrogens with one attached hydrogen (secondary N) is 1. The van der Waals surface area contributed by atoms with Crippen LogP contribution in [-0.2, 0) is 27.9 Å². The van der Waals surface area contributed by atoms with Crippen molar-refractivity contribution in [3.05, 3.63) is 154 Å². The first-order chi connectivity index (χ1) is 31.5. The first-order valence-electron chi connectivity index (χ1n) is 21.7. The molecule has 2 unspecified atom stereocenters. The van der Waals surface area contributed by atoms with Crippen LogP contribution in [0, 0.1) is 13.8 Å². The summed E-state index contributed by atoms with van der Waals surface area (Å²) in [5.41, 5.74) is 6.36. The summed E-state index contributed by atoms with van der Waals surface area (Å²) in [5, 5.41) is 7.52. The summed E-state index contributed by atoms with van der Waals surface area (Å²) < 4.78 is 22.7. The summed E-state index contributed by atoms with van der Waals surface area (Å²) in [5.74, 6) is -1.14. The third-order valence-electron chi connectivity index (χ3n) is 11.0. The van der Waals surface area contributed by atoms with E-state index in [0.717, 1.165) is 30.5 Å². The predicted molar refractivity (Wildman–Crippen MR) is 281 cm³/mol. The Labute approximate surface area is 411 Å². The smallest absolute Gasteiger partial charge is 0.340 e. The van der Waals surface area contributed by atoms with Gasteiger partial charge in [0.15, 0.2) is 0 Å². The molecule has 2 atom stereocenters. The van der Waals surface area contributed by atoms with Crippen LogP contribution in [0.3, 0.4) is 0 Å². The number of benzene rings is 4. The van der Waals surface area contributed by atoms with E-state index >= 15 is 0 Å². The first-order valence-corrected chi connectivity index (χ1v) is 27.6. The Morgan fingerprint density at radius 2 is 0.896 bits per heavy atom. The summed E-state index contributed by atoms with van der Waals surface area (Å²) in [6.45, 7) is 20.3. The highest BCUT2D eigenvalue weighted by molar-refractivity contribution is 7.16. The van der Waals surface area contributed by atoms with E-state index in [0.29, 0.717) is 21.1 Å². The molecule has 2 aromatic heterocycles. The molecule has 15 heteroatoms. The van der Waals surface area contributed by atoms with E-state index in [-0.39, 0.29) is 22.0 Å². The van der Waals surface area contributed by atoms with E-state index in [1.165, 1.54) is 36.9 Å². The highest BCUT2D eigenvalue weighted by Crippen LogP contribution is 2.39. The molecule has 3 N–H and O–H groups in total. The molecule has 6 rings (SSSR count). The van der Waals surface area contributed by atoms with Crippen molar-refractivity contribution in [1.29, 1.82) is 0 Å². The molecule has 1 amide bonds. The van der Waals surface area contributed by atoms with Crippen LogP contribution >= 0.6 is 34.3 Å². The van der Waals surface area contributed by atoms with Gasteiger partial charge in [-0.3, -0.25) is 9.59 Å². The predicted octanol–water partition coefficient (Wildman–Crippen LogP) is 9.89. The van der Waals surface area contributed by atoms with Crippen molar-refractivity contribution >= 4 is 105 Å². The number of aryl methyl sites for hydroxylation is 2. The Kier molecular flexibility index (Phi) is 19.2. The summed E-state index contributed by atoms with van der Waals surface area (Å²) in [6.07, 6.45) is -1.40. The molecule has 0 saturated carbocycles. The van der Waals surface area contributed by atoms with Crippen LogP contribution in [0.5, 0.6) is 0 Å². The van der Waals surface area contributed by atoms with Crippen LogP contribution in [0.2, 0.25) is 10.1 Å². The van der Waals surface area contributed by atoms with Crippen molar-refractivity contribution in [3.8, 4) is 0 Å². The van der Waals surface area contributed by atoms with Crippen molar-refractivity contribution in [1.82, 2.24) is 0 Å². The molecule has 10 nitrogen and oxygen atoms in total. The number of carbonyl (C=O) groups is 4. The van der Waals surface area contributed by atoms with E-state index in [4.69, 9.17) is 30.9 Å². The van der Waals surface area contributed by atoms with Gasteiger partial charge in [0.25, 0.3) is 22.5 Å². The minimum Gasteiger partial charge on any atom is -0.465 e. The normalized spacial score (nSPS) is 12.6. The molecular formula is C52H63ClN2O8S2Si2. The van der Waals surface area contributed by atoms with Gasteiger partial charge in [-0.25, -0.2) is 9.59 Å². The molecule has 67 heavy (non-hydrogen) atoms. The topological polar surface area (TPSA) is 143 Å². The summed E-state index contributed by atoms with van der Waals surface area (Å²) in [4.78, 5) is 50.0. The molecule has 0 aliphatic rings. The number of ether oxygens (including phenoxy) is 2. The van der Waals surface area contributed by atoms with Gasteiger partial charge in [0.2, 0.25) is 5.24 Å². The number of carbonyl (C=O) groups excluding carboxylic acids is 4. The third kappa shape index (κ3) is 13.1. The lowest BCUT2D eigenvalue weighted by molar-refractivity contribution is -0.122. The molecule has 0 aliphatic heterocycles. The maximum atomic E-state index is 13.3. The van der Waals surface area contributed by atoms with E-state index in [2.05, 4.69) is 100 Å². The van der Waals surface area contributed by atoms with E-state index in [9.17, 15) is 19.2 Å². The zero-order valence-electron chi connectivity index (χ0n) is 40.4. The zero-order valence-corrected chi connectivity index (χ0v) is 44.8. The van der Waals surface area contributed by atoms with Gasteiger partial charge in [-0.2, -0.15) is 0 Å². The second kappa shape index (κ2) is 23.7. The number of esters is 2. The lowest BCUT2D eigenvalue weighted by Gasteiger charge is -2.44. The lowest BCUT2D eigenvalue weighted by atomic mass is 10.2. The van der Waals surface area contributed by atoms with Crippen LogP contribution < -0.4 is 31.8 Å². The van der Waals surface area contributed by atoms with E-state index < -0.39 is 40.1 Å². The Morgan fingerprint density at radius 3 is 1.21 bits per heavy atom. The average molecular weight is 1000 g/mol. The number of anilines is 2. The monoisotopic (exact) mass is 998 g/mol. The van der Waals surface area contributed by atoms with Crippen LogP contribution in [-0.4, -0.2) is 66.2 Å². The van der Waals surface area contributed by atoms with Gasteiger partial charge in [-0.1, -0.05) is 163 Å². The maximum absolute atomic E-state index is 13.3. The van der Waals surface area contributed by atoms with Crippen LogP contribution in [0.1, 0.15) is 85.9 Å². The molecule has 0 spiro atoms. The van der Waals surface area contributed by atoms with Crippen LogP contribution in [0.4, 0.5) is 10.0 Å². The fourth-order valence-electron chi connectivity index (χ4n) is 7.90. The molecule has 4 aromatic carbocycles. The quantitative estimate of drug-likeness (QED) is 0.0657. The number of nitrogen functional groups attached to an aromatic ring is 1. The minimum atomic E-state index is -2.88. The number of rotatable bonds is 13. The number of nitrogens with two attached hydrogens (primary N) is 1. The van der Waals surface area contributed by atoms with Gasteiger partial charge in [0, 0.05) is 9.75 Å². The summed E-state index contributed by atoms with van der Waals surface area (Å²) in [7, 11) is -2.89. The second-order valence-electron chi connectivity index (χ2n) is 17.9. The first kappa shape index (κ1) is 54.4. The lowest BCUT2D eigenvalue weighted by Crippen LogP contribution is -2.68. The molecule has 2 heterocycles. The minimum absolute atomic E-state index is 0.156. The molecule has 0 fully saturated rings. The number of amides is 1. The van der Waals surface area contributed by atoms with Crippen molar-refractivity contribution in [3.63, 3.8) is 0 Å². The number of halogens is 1. The number of hydrogen-bond donors (Lipinski definition) is 2. The molecular weight excluding hydrogens is 936 g/mol. The molecule has 0 saturated heterocycles. The highest BCUT2D eigenvalue weighted by atomic mass is 35.5. The van der Waals surface area contributed by atoms with Crippen molar-refractivity contribution in [2.75, 3.05) is 25.3 Å². The molecule has 0 radical (unpaired) electrons. The SMILES string of the molecule is CC(O[Si](c1ccccc1)(c1ccccc1)C(C)(C)C)C(=O)Cl.COC(=O)c1cc(C)sc1N.COC(=O)c1cc(C)sc1NC(=O)C(C)O[Si](c1ccccc1)(c1ccccc1)C(C)(C)C. The van der Waals surface area contributed by atoms with Gasteiger partial charge >= 0.3 is 11.9 Å². The Balaban J connectivity index is 0.000000248. The molecule has 0 bridgehead atoms. The fraction of sp³-hybridized carbons (Fsp3) is 0.308. The van der Waals surface area contributed by atoms with E-state index in [1.807, 2.05) is 86.6 Å². The summed E-state index contributed by atoms with van der Waals surface area (Å²) >= 11 is 8.45. The molecule has 356 valence electrons. The number of hydrogen-bond acceptors (Lipinski definition) is 11. The number of methoxy groups -OCH3 is 2. The Morgan fingerprint density at radius 1 is 0.567 bits per heavy atom. The Hall–Kier alpha value is -5.20. The largest absolute Gasteiger partial charge is 0.465 e. The van der Waals surface area contributed by atoms with Gasteiger partial charge in [-0.15, -0.1) is 22.7 Å². The zero-order chi connectivity index (χ0) is 49.7. The third-order valence-corrected chi connectivity index (χ3v) is 23.4. The van der Waals surface area contributed by atoms with Gasteiger partial charge in [0.1, 0.15) is 22.2 Å². The van der Waals surface area contributed by atoms with Crippen molar-refractivity contribution in [2.24, 2.45) is 0 Å². The second-order valence-corrected chi connectivity index (χ2v) is 29.3. The Bertz CT molecular complexity index is 2480. The van der Waals surface area contributed by atoms with Crippen molar-refractivity contribution in [2.45, 2.75) is 91.5 Å². The fourth-order valence-corrected chi connectivity index (χ4v) is 19.0. The van der Waals surface area contributed by atoms with Gasteiger partial charge in [-0.05, 0) is 82.3 Å².